The Balaban J connectivity index is 2.92. The second-order valence-electron chi connectivity index (χ2n) is 2.90. The van der Waals surface area contributed by atoms with E-state index in [-0.39, 0.29) is 11.7 Å². The lowest BCUT2D eigenvalue weighted by molar-refractivity contribution is 0.475. The summed E-state index contributed by atoms with van der Waals surface area (Å²) >= 11 is 0. The van der Waals surface area contributed by atoms with Gasteiger partial charge in [0.1, 0.15) is 5.75 Å². The Morgan fingerprint density at radius 1 is 1.36 bits per heavy atom. The predicted octanol–water partition coefficient (Wildman–Crippen LogP) is 2.41. The highest BCUT2D eigenvalue weighted by atomic mass is 16.3. The number of nitriles is 1. The highest BCUT2D eigenvalue weighted by molar-refractivity contribution is 5.33. The number of hydrogen-bond donors (Lipinski definition) is 1. The fraction of sp³-hybridized carbons (Fsp3) is 0.250. The van der Waals surface area contributed by atoms with Gasteiger partial charge in [-0.1, -0.05) is 18.1 Å². The Morgan fingerprint density at radius 3 is 2.50 bits per heavy atom. The molecule has 1 rings (SSSR count). The van der Waals surface area contributed by atoms with E-state index in [0.29, 0.717) is 6.42 Å². The molecular formula is C12H11NO. The molecule has 1 unspecified atom stereocenters. The number of phenols is 1. The zero-order valence-corrected chi connectivity index (χ0v) is 7.99. The first-order valence-electron chi connectivity index (χ1n) is 4.36. The average molecular weight is 185 g/mol. The molecule has 0 aliphatic carbocycles. The van der Waals surface area contributed by atoms with Gasteiger partial charge in [0.15, 0.2) is 0 Å². The molecule has 14 heavy (non-hydrogen) atoms. The van der Waals surface area contributed by atoms with Crippen molar-refractivity contribution in [3.8, 4) is 23.7 Å². The van der Waals surface area contributed by atoms with Crippen LogP contribution in [0.4, 0.5) is 0 Å². The molecular weight excluding hydrogens is 174 g/mol. The van der Waals surface area contributed by atoms with E-state index >= 15 is 0 Å². The van der Waals surface area contributed by atoms with Crippen LogP contribution in [0.25, 0.3) is 0 Å². The monoisotopic (exact) mass is 185 g/mol. The van der Waals surface area contributed by atoms with Crippen LogP contribution in [0, 0.1) is 23.2 Å². The predicted molar refractivity (Wildman–Crippen MR) is 54.5 cm³/mol. The summed E-state index contributed by atoms with van der Waals surface area (Å²) in [5.41, 5.74) is 0.971. The maximum absolute atomic E-state index is 9.10. The Kier molecular flexibility index (Phi) is 3.58. The average Bonchev–Trinajstić information content (AvgIpc) is 2.19. The summed E-state index contributed by atoms with van der Waals surface area (Å²) in [5.74, 6) is 5.95. The smallest absolute Gasteiger partial charge is 0.115 e. The van der Waals surface area contributed by atoms with Crippen LogP contribution in [-0.2, 0) is 0 Å². The summed E-state index contributed by atoms with van der Waals surface area (Å²) in [6, 6.07) is 8.90. The largest absolute Gasteiger partial charge is 0.508 e. The van der Waals surface area contributed by atoms with E-state index in [9.17, 15) is 0 Å². The van der Waals surface area contributed by atoms with Crippen molar-refractivity contribution in [2.45, 2.75) is 19.3 Å². The Morgan fingerprint density at radius 2 is 2.00 bits per heavy atom. The van der Waals surface area contributed by atoms with E-state index in [1.165, 1.54) is 0 Å². The van der Waals surface area contributed by atoms with Gasteiger partial charge >= 0.3 is 0 Å². The van der Waals surface area contributed by atoms with Gasteiger partial charge in [0.2, 0.25) is 0 Å². The molecule has 1 aromatic rings. The van der Waals surface area contributed by atoms with Gasteiger partial charge in [-0.2, -0.15) is 5.26 Å². The standard InChI is InChI=1S/C12H11NO/c1-2-3-10(8-9-13)11-4-6-12(14)7-5-11/h4-7,10,14H,8H2,1H3. The molecule has 1 atom stereocenters. The third-order valence-corrected chi connectivity index (χ3v) is 1.91. The van der Waals surface area contributed by atoms with Crippen LogP contribution in [0.1, 0.15) is 24.8 Å². The highest BCUT2D eigenvalue weighted by Gasteiger charge is 2.07. The molecule has 2 heteroatoms. The molecule has 0 saturated carbocycles. The van der Waals surface area contributed by atoms with E-state index in [1.807, 2.05) is 0 Å². The molecule has 0 aliphatic heterocycles. The molecule has 0 heterocycles. The molecule has 1 N–H and O–H groups in total. The summed E-state index contributed by atoms with van der Waals surface area (Å²) in [4.78, 5) is 0. The molecule has 2 nitrogen and oxygen atoms in total. The van der Waals surface area contributed by atoms with Crippen molar-refractivity contribution in [2.75, 3.05) is 0 Å². The van der Waals surface area contributed by atoms with Gasteiger partial charge in [0.05, 0.1) is 18.4 Å². The van der Waals surface area contributed by atoms with Crippen LogP contribution in [0.5, 0.6) is 5.75 Å². The van der Waals surface area contributed by atoms with Crippen molar-refractivity contribution in [1.82, 2.24) is 0 Å². The fourth-order valence-corrected chi connectivity index (χ4v) is 1.22. The molecule has 0 radical (unpaired) electrons. The molecule has 0 aliphatic rings. The van der Waals surface area contributed by atoms with Crippen molar-refractivity contribution >= 4 is 0 Å². The minimum atomic E-state index is -0.0504. The number of nitrogens with zero attached hydrogens (tertiary/aromatic N) is 1. The maximum Gasteiger partial charge on any atom is 0.115 e. The first kappa shape index (κ1) is 10.2. The highest BCUT2D eigenvalue weighted by Crippen LogP contribution is 2.20. The first-order chi connectivity index (χ1) is 6.77. The summed E-state index contributed by atoms with van der Waals surface area (Å²) in [6.45, 7) is 1.75. The molecule has 0 bridgehead atoms. The van der Waals surface area contributed by atoms with Gasteiger partial charge in [-0.3, -0.25) is 0 Å². The molecule has 0 aromatic heterocycles. The third-order valence-electron chi connectivity index (χ3n) is 1.91. The molecule has 0 amide bonds. The molecule has 70 valence electrons. The van der Waals surface area contributed by atoms with Crippen LogP contribution < -0.4 is 0 Å². The van der Waals surface area contributed by atoms with Gasteiger partial charge < -0.3 is 5.11 Å². The van der Waals surface area contributed by atoms with Crippen molar-refractivity contribution in [1.29, 1.82) is 5.26 Å². The normalized spacial score (nSPS) is 10.9. The van der Waals surface area contributed by atoms with Crippen LogP contribution in [0.2, 0.25) is 0 Å². The van der Waals surface area contributed by atoms with Crippen molar-refractivity contribution in [2.24, 2.45) is 0 Å². The lowest BCUT2D eigenvalue weighted by atomic mass is 9.97. The minimum absolute atomic E-state index is 0.0504. The van der Waals surface area contributed by atoms with Crippen molar-refractivity contribution in [3.63, 3.8) is 0 Å². The Labute approximate surface area is 83.8 Å². The van der Waals surface area contributed by atoms with Gasteiger partial charge in [0.25, 0.3) is 0 Å². The lowest BCUT2D eigenvalue weighted by Crippen LogP contribution is -1.93. The quantitative estimate of drug-likeness (QED) is 0.719. The number of benzene rings is 1. The van der Waals surface area contributed by atoms with E-state index in [2.05, 4.69) is 17.9 Å². The molecule has 0 spiro atoms. The van der Waals surface area contributed by atoms with Gasteiger partial charge in [-0.15, -0.1) is 5.92 Å². The maximum atomic E-state index is 9.10. The van der Waals surface area contributed by atoms with E-state index in [0.717, 1.165) is 5.56 Å². The summed E-state index contributed by atoms with van der Waals surface area (Å²) in [6.07, 6.45) is 0.381. The van der Waals surface area contributed by atoms with E-state index in [4.69, 9.17) is 10.4 Å². The van der Waals surface area contributed by atoms with Crippen LogP contribution in [0.15, 0.2) is 24.3 Å². The van der Waals surface area contributed by atoms with Gasteiger partial charge in [0, 0.05) is 0 Å². The van der Waals surface area contributed by atoms with Crippen LogP contribution >= 0.6 is 0 Å². The minimum Gasteiger partial charge on any atom is -0.508 e. The summed E-state index contributed by atoms with van der Waals surface area (Å²) in [5, 5.41) is 17.7. The molecule has 0 fully saturated rings. The topological polar surface area (TPSA) is 44.0 Å². The van der Waals surface area contributed by atoms with Gasteiger partial charge in [-0.05, 0) is 24.6 Å². The van der Waals surface area contributed by atoms with Crippen molar-refractivity contribution in [3.05, 3.63) is 29.8 Å². The number of aromatic hydroxyl groups is 1. The second-order valence-corrected chi connectivity index (χ2v) is 2.90. The van der Waals surface area contributed by atoms with Crippen molar-refractivity contribution < 1.29 is 5.11 Å². The number of rotatable bonds is 2. The zero-order valence-electron chi connectivity index (χ0n) is 7.99. The van der Waals surface area contributed by atoms with Gasteiger partial charge in [-0.25, -0.2) is 0 Å². The number of phenolic OH excluding ortho intramolecular Hbond substituents is 1. The second kappa shape index (κ2) is 4.94. The fourth-order valence-electron chi connectivity index (χ4n) is 1.22. The zero-order chi connectivity index (χ0) is 10.4. The SMILES string of the molecule is CC#CC(CC#N)c1ccc(O)cc1. The first-order valence-corrected chi connectivity index (χ1v) is 4.36. The lowest BCUT2D eigenvalue weighted by Gasteiger charge is -2.06. The molecule has 1 aromatic carbocycles. The van der Waals surface area contributed by atoms with E-state index < -0.39 is 0 Å². The Hall–Kier alpha value is -1.93. The summed E-state index contributed by atoms with van der Waals surface area (Å²) < 4.78 is 0. The van der Waals surface area contributed by atoms with E-state index in [1.54, 1.807) is 31.2 Å². The van der Waals surface area contributed by atoms with Crippen LogP contribution in [0.3, 0.4) is 0 Å². The number of hydrogen-bond acceptors (Lipinski definition) is 2. The third kappa shape index (κ3) is 2.54. The Bertz CT molecular complexity index is 389. The van der Waals surface area contributed by atoms with Crippen LogP contribution in [-0.4, -0.2) is 5.11 Å². The molecule has 0 saturated heterocycles. The summed E-state index contributed by atoms with van der Waals surface area (Å²) in [7, 11) is 0.